The van der Waals surface area contributed by atoms with Crippen molar-refractivity contribution in [3.63, 3.8) is 0 Å². The normalized spacial score (nSPS) is 21.0. The molecule has 2 heteroatoms. The van der Waals surface area contributed by atoms with Crippen molar-refractivity contribution in [1.29, 1.82) is 0 Å². The van der Waals surface area contributed by atoms with Gasteiger partial charge in [0, 0.05) is 5.41 Å². The quantitative estimate of drug-likeness (QED) is 0.301. The van der Waals surface area contributed by atoms with Crippen LogP contribution in [0.15, 0.2) is 12.7 Å². The number of ether oxygens (including phenoxy) is 2. The lowest BCUT2D eigenvalue weighted by Crippen LogP contribution is -2.49. The van der Waals surface area contributed by atoms with Crippen molar-refractivity contribution in [3.8, 4) is 0 Å². The lowest BCUT2D eigenvalue weighted by atomic mass is 9.72. The van der Waals surface area contributed by atoms with Gasteiger partial charge in [0.1, 0.15) is 0 Å². The van der Waals surface area contributed by atoms with Crippen molar-refractivity contribution in [2.45, 2.75) is 97.7 Å². The zero-order valence-corrected chi connectivity index (χ0v) is 16.2. The first kappa shape index (κ1) is 20.7. The molecule has 1 atom stereocenters. The van der Waals surface area contributed by atoms with Gasteiger partial charge in [-0.05, 0) is 32.6 Å². The molecule has 1 fully saturated rings. The molecule has 0 aromatic heterocycles. The number of allylic oxidation sites excluding steroid dienone is 1. The fourth-order valence-corrected chi connectivity index (χ4v) is 3.50. The highest BCUT2D eigenvalue weighted by Gasteiger charge is 2.42. The van der Waals surface area contributed by atoms with Gasteiger partial charge < -0.3 is 9.47 Å². The van der Waals surface area contributed by atoms with Gasteiger partial charge in [-0.15, -0.1) is 6.58 Å². The SMILES string of the molecule is C=CCC1(C(C)CCCCCCCCCC)COC(C)(C)OC1. The van der Waals surface area contributed by atoms with Crippen LogP contribution in [0, 0.1) is 11.3 Å². The van der Waals surface area contributed by atoms with Gasteiger partial charge in [-0.1, -0.05) is 71.3 Å². The van der Waals surface area contributed by atoms with Gasteiger partial charge in [0.2, 0.25) is 0 Å². The molecule has 23 heavy (non-hydrogen) atoms. The standard InChI is InChI=1S/C21H40O2/c1-6-8-9-10-11-12-13-14-15-19(3)21(16-7-2)17-22-20(4,5)23-18-21/h7,19H,2,6,8-18H2,1,3-5H3. The van der Waals surface area contributed by atoms with Gasteiger partial charge in [0.15, 0.2) is 5.79 Å². The van der Waals surface area contributed by atoms with E-state index >= 15 is 0 Å². The van der Waals surface area contributed by atoms with E-state index in [1.165, 1.54) is 57.8 Å². The van der Waals surface area contributed by atoms with Crippen LogP contribution in [0.4, 0.5) is 0 Å². The Bertz CT molecular complexity index is 312. The lowest BCUT2D eigenvalue weighted by Gasteiger charge is -2.46. The zero-order chi connectivity index (χ0) is 17.2. The summed E-state index contributed by atoms with van der Waals surface area (Å²) in [5.74, 6) is 0.194. The van der Waals surface area contributed by atoms with Crippen LogP contribution in [-0.2, 0) is 9.47 Å². The van der Waals surface area contributed by atoms with Crippen molar-refractivity contribution in [3.05, 3.63) is 12.7 Å². The van der Waals surface area contributed by atoms with Crippen LogP contribution in [0.2, 0.25) is 0 Å². The second kappa shape index (κ2) is 10.5. The van der Waals surface area contributed by atoms with Crippen LogP contribution < -0.4 is 0 Å². The monoisotopic (exact) mass is 324 g/mol. The van der Waals surface area contributed by atoms with Crippen LogP contribution >= 0.6 is 0 Å². The molecule has 0 amide bonds. The Labute approximate surface area is 145 Å². The third-order valence-corrected chi connectivity index (χ3v) is 5.50. The van der Waals surface area contributed by atoms with Crippen molar-refractivity contribution < 1.29 is 9.47 Å². The van der Waals surface area contributed by atoms with Crippen LogP contribution in [0.1, 0.15) is 91.9 Å². The molecular weight excluding hydrogens is 284 g/mol. The molecule has 0 radical (unpaired) electrons. The molecule has 1 heterocycles. The number of hydrogen-bond acceptors (Lipinski definition) is 2. The maximum absolute atomic E-state index is 5.97. The second-order valence-corrected chi connectivity index (χ2v) is 8.00. The van der Waals surface area contributed by atoms with Gasteiger partial charge in [0.25, 0.3) is 0 Å². The highest BCUT2D eigenvalue weighted by molar-refractivity contribution is 4.93. The minimum Gasteiger partial charge on any atom is -0.350 e. The van der Waals surface area contributed by atoms with Crippen molar-refractivity contribution in [1.82, 2.24) is 0 Å². The van der Waals surface area contributed by atoms with Crippen molar-refractivity contribution in [2.24, 2.45) is 11.3 Å². The Morgan fingerprint density at radius 1 is 0.957 bits per heavy atom. The fourth-order valence-electron chi connectivity index (χ4n) is 3.50. The van der Waals surface area contributed by atoms with Crippen LogP contribution in [0.5, 0.6) is 0 Å². The van der Waals surface area contributed by atoms with Gasteiger partial charge in [-0.3, -0.25) is 0 Å². The van der Waals surface area contributed by atoms with Crippen molar-refractivity contribution >= 4 is 0 Å². The Kier molecular flexibility index (Phi) is 9.46. The first-order chi connectivity index (χ1) is 11.0. The minimum absolute atomic E-state index is 0.123. The van der Waals surface area contributed by atoms with E-state index in [2.05, 4.69) is 20.4 Å². The highest BCUT2D eigenvalue weighted by atomic mass is 16.7. The Morgan fingerprint density at radius 2 is 1.48 bits per heavy atom. The molecule has 0 aliphatic carbocycles. The Hall–Kier alpha value is -0.340. The molecule has 0 saturated carbocycles. The Morgan fingerprint density at radius 3 is 2.00 bits per heavy atom. The van der Waals surface area contributed by atoms with E-state index in [0.29, 0.717) is 5.92 Å². The summed E-state index contributed by atoms with van der Waals surface area (Å²) in [5, 5.41) is 0. The van der Waals surface area contributed by atoms with E-state index in [4.69, 9.17) is 9.47 Å². The van der Waals surface area contributed by atoms with E-state index < -0.39 is 5.79 Å². The number of hydrogen-bond donors (Lipinski definition) is 0. The minimum atomic E-state index is -0.428. The van der Waals surface area contributed by atoms with Gasteiger partial charge in [-0.25, -0.2) is 0 Å². The van der Waals surface area contributed by atoms with Gasteiger partial charge in [-0.2, -0.15) is 0 Å². The number of unbranched alkanes of at least 4 members (excludes halogenated alkanes) is 7. The summed E-state index contributed by atoms with van der Waals surface area (Å²) in [7, 11) is 0. The largest absolute Gasteiger partial charge is 0.350 e. The smallest absolute Gasteiger partial charge is 0.162 e. The summed E-state index contributed by atoms with van der Waals surface area (Å²) >= 11 is 0. The summed E-state index contributed by atoms with van der Waals surface area (Å²) in [6.07, 6.45) is 15.4. The molecular formula is C21H40O2. The van der Waals surface area contributed by atoms with Gasteiger partial charge in [0.05, 0.1) is 13.2 Å². The average Bonchev–Trinajstić information content (AvgIpc) is 2.52. The average molecular weight is 325 g/mol. The molecule has 1 rings (SSSR count). The lowest BCUT2D eigenvalue weighted by molar-refractivity contribution is -0.293. The maximum atomic E-state index is 5.97. The zero-order valence-electron chi connectivity index (χ0n) is 16.2. The van der Waals surface area contributed by atoms with Crippen LogP contribution in [-0.4, -0.2) is 19.0 Å². The van der Waals surface area contributed by atoms with E-state index in [-0.39, 0.29) is 5.41 Å². The first-order valence-electron chi connectivity index (χ1n) is 9.84. The summed E-state index contributed by atoms with van der Waals surface area (Å²) in [4.78, 5) is 0. The van der Waals surface area contributed by atoms with Crippen LogP contribution in [0.3, 0.4) is 0 Å². The molecule has 0 N–H and O–H groups in total. The molecule has 1 aliphatic rings. The molecule has 136 valence electrons. The highest BCUT2D eigenvalue weighted by Crippen LogP contribution is 2.41. The predicted molar refractivity (Wildman–Crippen MR) is 99.6 cm³/mol. The van der Waals surface area contributed by atoms with E-state index in [9.17, 15) is 0 Å². The molecule has 1 unspecified atom stereocenters. The molecule has 2 nitrogen and oxygen atoms in total. The topological polar surface area (TPSA) is 18.5 Å². The first-order valence-corrected chi connectivity index (χ1v) is 9.84. The molecule has 0 spiro atoms. The summed E-state index contributed by atoms with van der Waals surface area (Å²) in [5.41, 5.74) is 0.123. The van der Waals surface area contributed by atoms with E-state index in [1.54, 1.807) is 0 Å². The van der Waals surface area contributed by atoms with Crippen molar-refractivity contribution in [2.75, 3.05) is 13.2 Å². The van der Waals surface area contributed by atoms with Crippen LogP contribution in [0.25, 0.3) is 0 Å². The summed E-state index contributed by atoms with van der Waals surface area (Å²) < 4.78 is 11.9. The molecule has 0 aromatic rings. The molecule has 0 bridgehead atoms. The summed E-state index contributed by atoms with van der Waals surface area (Å²) in [6.45, 7) is 14.2. The van der Waals surface area contributed by atoms with Gasteiger partial charge >= 0.3 is 0 Å². The second-order valence-electron chi connectivity index (χ2n) is 8.00. The molecule has 1 saturated heterocycles. The van der Waals surface area contributed by atoms with E-state index in [0.717, 1.165) is 19.6 Å². The summed E-state index contributed by atoms with van der Waals surface area (Å²) in [6, 6.07) is 0. The third kappa shape index (κ3) is 7.39. The molecule has 0 aromatic carbocycles. The maximum Gasteiger partial charge on any atom is 0.162 e. The fraction of sp³-hybridized carbons (Fsp3) is 0.905. The van der Waals surface area contributed by atoms with E-state index in [1.807, 2.05) is 19.9 Å². The third-order valence-electron chi connectivity index (χ3n) is 5.50. The molecule has 1 aliphatic heterocycles. The predicted octanol–water partition coefficient (Wildman–Crippen LogP) is 6.50. The number of rotatable bonds is 12. The Balaban J connectivity index is 2.27.